The number of aromatic carboxylic acids is 1. The summed E-state index contributed by atoms with van der Waals surface area (Å²) in [5.74, 6) is -0.393. The molecule has 1 aliphatic carbocycles. The Labute approximate surface area is 223 Å². The van der Waals surface area contributed by atoms with Crippen molar-refractivity contribution in [3.05, 3.63) is 71.1 Å². The molecule has 2 aromatic rings. The Balaban J connectivity index is 1.94. The maximum Gasteiger partial charge on any atom is 0.336 e. The van der Waals surface area contributed by atoms with Gasteiger partial charge in [-0.2, -0.15) is 0 Å². The van der Waals surface area contributed by atoms with Crippen LogP contribution in [0, 0.1) is 0 Å². The number of carboxylic acids is 1. The molecule has 3 N–H and O–H groups in total. The van der Waals surface area contributed by atoms with E-state index in [0.29, 0.717) is 35.4 Å². The van der Waals surface area contributed by atoms with Gasteiger partial charge < -0.3 is 20.2 Å². The van der Waals surface area contributed by atoms with Gasteiger partial charge in [0.05, 0.1) is 11.6 Å². The first kappa shape index (κ1) is 27.1. The number of rotatable bonds is 10. The van der Waals surface area contributed by atoms with E-state index in [1.165, 1.54) is 0 Å². The summed E-state index contributed by atoms with van der Waals surface area (Å²) in [5, 5.41) is 11.9. The lowest BCUT2D eigenvalue weighted by Crippen LogP contribution is -2.21. The second kappa shape index (κ2) is 11.6. The first-order valence-electron chi connectivity index (χ1n) is 13.0. The van der Waals surface area contributed by atoms with Crippen molar-refractivity contribution in [1.82, 2.24) is 4.58 Å². The molecule has 0 fully saturated rings. The minimum atomic E-state index is -1.04. The second-order valence-corrected chi connectivity index (χ2v) is 10.1. The van der Waals surface area contributed by atoms with Gasteiger partial charge in [-0.3, -0.25) is 4.79 Å². The Morgan fingerprint density at radius 3 is 2.37 bits per heavy atom. The number of nitrogens with two attached hydrogens (primary N) is 1. The Kier molecular flexibility index (Phi) is 8.27. The molecule has 0 saturated carbocycles. The molecule has 7 heteroatoms. The summed E-state index contributed by atoms with van der Waals surface area (Å²) in [7, 11) is 7.84. The summed E-state index contributed by atoms with van der Waals surface area (Å²) in [6, 6.07) is 16.7. The van der Waals surface area contributed by atoms with Crippen molar-refractivity contribution < 1.29 is 19.1 Å². The minimum absolute atomic E-state index is 0.00922. The third-order valence-corrected chi connectivity index (χ3v) is 6.92. The Morgan fingerprint density at radius 1 is 0.921 bits per heavy atom. The predicted octanol–water partition coefficient (Wildman–Crippen LogP) is 5.09. The number of hydrogen-bond acceptors (Lipinski definition) is 5. The van der Waals surface area contributed by atoms with Gasteiger partial charge in [0.2, 0.25) is 5.36 Å². The van der Waals surface area contributed by atoms with E-state index in [1.54, 1.807) is 18.2 Å². The quantitative estimate of drug-likeness (QED) is 0.132. The predicted molar refractivity (Wildman–Crippen MR) is 153 cm³/mol. The molecule has 2 aliphatic rings. The lowest BCUT2D eigenvalue weighted by molar-refractivity contribution is 0.0697. The fourth-order valence-electron chi connectivity index (χ4n) is 4.75. The maximum atomic E-state index is 13.1. The van der Waals surface area contributed by atoms with Crippen LogP contribution in [0.25, 0.3) is 33.4 Å². The number of benzene rings is 3. The molecule has 1 heterocycles. The van der Waals surface area contributed by atoms with Crippen LogP contribution in [-0.4, -0.2) is 51.6 Å². The number of carbonyl (C=O) groups is 2. The molecule has 0 spiro atoms. The molecule has 4 rings (SSSR count). The lowest BCUT2D eigenvalue weighted by atomic mass is 9.88. The summed E-state index contributed by atoms with van der Waals surface area (Å²) >= 11 is 0. The standard InChI is InChI=1S/C31H35N3O4/c1-33(2)21-11-14-24-28(18-21)38-29-19-22(34(3)4)12-15-25(29)30(24)26-17-20(10-13-23(26)31(36)37)27(35)9-7-5-6-8-16-32/h10-15,17-19H,5-9,16,32H2,1-4H3/p+1. The number of hydrogen-bond donors (Lipinski definition) is 2. The molecular formula is C31H36N3O4+. The summed E-state index contributed by atoms with van der Waals surface area (Å²) in [6.45, 7) is 0.658. The van der Waals surface area contributed by atoms with E-state index < -0.39 is 5.97 Å². The number of nitrogens with zero attached hydrogens (tertiary/aromatic N) is 2. The van der Waals surface area contributed by atoms with Crippen LogP contribution in [-0.2, 0) is 0 Å². The molecule has 38 heavy (non-hydrogen) atoms. The van der Waals surface area contributed by atoms with Gasteiger partial charge in [-0.05, 0) is 55.3 Å². The van der Waals surface area contributed by atoms with Crippen LogP contribution in [0.2, 0.25) is 0 Å². The highest BCUT2D eigenvalue weighted by molar-refractivity contribution is 6.09. The molecule has 0 bridgehead atoms. The summed E-state index contributed by atoms with van der Waals surface area (Å²) in [5.41, 5.74) is 9.87. The Morgan fingerprint density at radius 2 is 1.68 bits per heavy atom. The van der Waals surface area contributed by atoms with Crippen molar-refractivity contribution in [2.45, 2.75) is 32.1 Å². The fraction of sp³-hybridized carbons (Fsp3) is 0.323. The van der Waals surface area contributed by atoms with Gasteiger partial charge in [0.15, 0.2) is 5.78 Å². The first-order chi connectivity index (χ1) is 18.2. The SMILES string of the molecule is CN(C)c1ccc2c(-c3cc(C(=O)CCCCCCN)ccc3C(=O)O)c3ccc(=[N+](C)C)cc-3oc2c1. The highest BCUT2D eigenvalue weighted by Crippen LogP contribution is 2.42. The topological polar surface area (TPSA) is 99.8 Å². The average molecular weight is 515 g/mol. The van der Waals surface area contributed by atoms with Crippen LogP contribution in [0.15, 0.2) is 59.0 Å². The van der Waals surface area contributed by atoms with E-state index in [9.17, 15) is 14.7 Å². The van der Waals surface area contributed by atoms with E-state index in [4.69, 9.17) is 10.2 Å². The summed E-state index contributed by atoms with van der Waals surface area (Å²) in [4.78, 5) is 27.5. The monoisotopic (exact) mass is 514 g/mol. The third-order valence-electron chi connectivity index (χ3n) is 6.92. The normalized spacial score (nSPS) is 11.2. The van der Waals surface area contributed by atoms with Crippen LogP contribution in [0.1, 0.15) is 52.8 Å². The number of anilines is 1. The van der Waals surface area contributed by atoms with Gasteiger partial charge in [0.1, 0.15) is 25.4 Å². The van der Waals surface area contributed by atoms with E-state index in [-0.39, 0.29) is 11.3 Å². The van der Waals surface area contributed by atoms with Crippen LogP contribution in [0.4, 0.5) is 5.69 Å². The fourth-order valence-corrected chi connectivity index (χ4v) is 4.75. The molecule has 1 aliphatic heterocycles. The number of fused-ring (bicyclic) bond motifs is 2. The number of ketones is 1. The van der Waals surface area contributed by atoms with Crippen molar-refractivity contribution in [2.24, 2.45) is 5.73 Å². The zero-order chi connectivity index (χ0) is 27.4. The molecule has 0 radical (unpaired) electrons. The summed E-state index contributed by atoms with van der Waals surface area (Å²) in [6.07, 6.45) is 4.10. The smallest absolute Gasteiger partial charge is 0.336 e. The van der Waals surface area contributed by atoms with E-state index >= 15 is 0 Å². The lowest BCUT2D eigenvalue weighted by Gasteiger charge is -2.19. The van der Waals surface area contributed by atoms with Crippen LogP contribution < -0.4 is 20.6 Å². The zero-order valence-corrected chi connectivity index (χ0v) is 22.6. The largest absolute Gasteiger partial charge is 0.478 e. The van der Waals surface area contributed by atoms with Crippen molar-refractivity contribution in [3.8, 4) is 22.5 Å². The Hall–Kier alpha value is -3.97. The Bertz CT molecular complexity index is 1530. The molecule has 0 atom stereocenters. The van der Waals surface area contributed by atoms with Crippen molar-refractivity contribution in [2.75, 3.05) is 39.6 Å². The van der Waals surface area contributed by atoms with Crippen LogP contribution in [0.5, 0.6) is 0 Å². The van der Waals surface area contributed by atoms with Gasteiger partial charge in [-0.1, -0.05) is 18.9 Å². The molecule has 0 saturated heterocycles. The molecule has 2 aromatic carbocycles. The average Bonchev–Trinajstić information content (AvgIpc) is 2.90. The molecular weight excluding hydrogens is 478 g/mol. The molecule has 0 amide bonds. The van der Waals surface area contributed by atoms with Crippen molar-refractivity contribution in [3.63, 3.8) is 0 Å². The zero-order valence-electron chi connectivity index (χ0n) is 22.6. The maximum absolute atomic E-state index is 13.1. The van der Waals surface area contributed by atoms with Crippen molar-refractivity contribution in [1.29, 1.82) is 0 Å². The van der Waals surface area contributed by atoms with Gasteiger partial charge in [-0.15, -0.1) is 0 Å². The summed E-state index contributed by atoms with van der Waals surface area (Å²) < 4.78 is 8.37. The number of carbonyl (C=O) groups excluding carboxylic acids is 1. The highest BCUT2D eigenvalue weighted by atomic mass is 16.4. The first-order valence-corrected chi connectivity index (χ1v) is 13.0. The van der Waals surface area contributed by atoms with Crippen molar-refractivity contribution >= 4 is 28.4 Å². The number of unbranched alkanes of at least 4 members (excludes halogenated alkanes) is 3. The van der Waals surface area contributed by atoms with Gasteiger partial charge >= 0.3 is 5.97 Å². The number of Topliss-reactive ketones (excluding diaryl/α,β-unsaturated/α-hetero) is 1. The van der Waals surface area contributed by atoms with Crippen LogP contribution >= 0.6 is 0 Å². The molecule has 0 unspecified atom stereocenters. The van der Waals surface area contributed by atoms with E-state index in [0.717, 1.165) is 53.2 Å². The minimum Gasteiger partial charge on any atom is -0.478 e. The number of carboxylic acid groups (broad SMARTS) is 1. The molecule has 0 aromatic heterocycles. The second-order valence-electron chi connectivity index (χ2n) is 10.1. The third kappa shape index (κ3) is 5.63. The highest BCUT2D eigenvalue weighted by Gasteiger charge is 2.23. The van der Waals surface area contributed by atoms with Gasteiger partial charge in [0, 0.05) is 60.4 Å². The molecule has 7 nitrogen and oxygen atoms in total. The van der Waals surface area contributed by atoms with E-state index in [2.05, 4.69) is 0 Å². The van der Waals surface area contributed by atoms with E-state index in [1.807, 2.05) is 74.1 Å². The molecule has 198 valence electrons. The van der Waals surface area contributed by atoms with Crippen LogP contribution in [0.3, 0.4) is 0 Å². The van der Waals surface area contributed by atoms with Gasteiger partial charge in [0.25, 0.3) is 0 Å². The van der Waals surface area contributed by atoms with Gasteiger partial charge in [-0.25, -0.2) is 9.37 Å².